The Balaban J connectivity index is 2.17. The lowest BCUT2D eigenvalue weighted by atomic mass is 10.0. The molecular formula is C23H24N2O6. The first-order chi connectivity index (χ1) is 14.7. The Morgan fingerprint density at radius 3 is 1.87 bits per heavy atom. The van der Waals surface area contributed by atoms with Crippen LogP contribution < -0.4 is 24.4 Å². The van der Waals surface area contributed by atoms with Gasteiger partial charge in [-0.2, -0.15) is 0 Å². The standard InChI is InChI=1S/C23H24N2O6/c1-12-7-13(2)20(14(3)8-12)25-22(27)17(21(26)24-23(25)28)11-16-18(30-5)9-15(29-4)10-19(16)31-6/h7-11H,1-6H3,(H,24,26,28)/b17-11-. The lowest BCUT2D eigenvalue weighted by Gasteiger charge is -2.29. The van der Waals surface area contributed by atoms with Gasteiger partial charge in [0.1, 0.15) is 22.8 Å². The molecule has 1 N–H and O–H groups in total. The van der Waals surface area contributed by atoms with Gasteiger partial charge in [-0.1, -0.05) is 17.7 Å². The first-order valence-corrected chi connectivity index (χ1v) is 9.51. The Bertz CT molecular complexity index is 1070. The van der Waals surface area contributed by atoms with Gasteiger partial charge in [-0.15, -0.1) is 0 Å². The molecule has 4 amide bonds. The van der Waals surface area contributed by atoms with Gasteiger partial charge in [0.25, 0.3) is 11.8 Å². The second kappa shape index (κ2) is 8.51. The summed E-state index contributed by atoms with van der Waals surface area (Å²) in [4.78, 5) is 39.5. The van der Waals surface area contributed by atoms with E-state index in [0.29, 0.717) is 28.5 Å². The third-order valence-corrected chi connectivity index (χ3v) is 5.00. The number of aryl methyl sites for hydroxylation is 3. The maximum atomic E-state index is 13.3. The van der Waals surface area contributed by atoms with E-state index < -0.39 is 17.8 Å². The first kappa shape index (κ1) is 21.9. The van der Waals surface area contributed by atoms with Crippen LogP contribution in [0.4, 0.5) is 10.5 Å². The number of anilines is 1. The van der Waals surface area contributed by atoms with Crippen molar-refractivity contribution in [3.8, 4) is 17.2 Å². The summed E-state index contributed by atoms with van der Waals surface area (Å²) in [5, 5.41) is 2.25. The molecule has 1 saturated heterocycles. The maximum Gasteiger partial charge on any atom is 0.335 e. The lowest BCUT2D eigenvalue weighted by Crippen LogP contribution is -2.54. The average molecular weight is 424 g/mol. The number of carbonyl (C=O) groups excluding carboxylic acids is 3. The number of methoxy groups -OCH3 is 3. The average Bonchev–Trinajstić information content (AvgIpc) is 2.72. The van der Waals surface area contributed by atoms with E-state index in [4.69, 9.17) is 14.2 Å². The largest absolute Gasteiger partial charge is 0.496 e. The molecule has 0 saturated carbocycles. The highest BCUT2D eigenvalue weighted by molar-refractivity contribution is 6.39. The van der Waals surface area contributed by atoms with Crippen LogP contribution in [0, 0.1) is 20.8 Å². The Labute approximate surface area is 180 Å². The minimum Gasteiger partial charge on any atom is -0.496 e. The van der Waals surface area contributed by atoms with Gasteiger partial charge < -0.3 is 14.2 Å². The zero-order chi connectivity index (χ0) is 22.9. The van der Waals surface area contributed by atoms with Crippen molar-refractivity contribution < 1.29 is 28.6 Å². The van der Waals surface area contributed by atoms with Gasteiger partial charge in [-0.25, -0.2) is 9.69 Å². The lowest BCUT2D eigenvalue weighted by molar-refractivity contribution is -0.122. The zero-order valence-corrected chi connectivity index (χ0v) is 18.3. The molecule has 0 unspecified atom stereocenters. The number of carbonyl (C=O) groups is 3. The van der Waals surface area contributed by atoms with Crippen LogP contribution in [-0.2, 0) is 9.59 Å². The van der Waals surface area contributed by atoms with Gasteiger partial charge in [0.05, 0.1) is 32.6 Å². The third kappa shape index (κ3) is 3.96. The molecule has 3 rings (SSSR count). The van der Waals surface area contributed by atoms with Crippen molar-refractivity contribution in [1.82, 2.24) is 5.32 Å². The smallest absolute Gasteiger partial charge is 0.335 e. The van der Waals surface area contributed by atoms with E-state index in [-0.39, 0.29) is 5.57 Å². The van der Waals surface area contributed by atoms with Crippen LogP contribution in [0.2, 0.25) is 0 Å². The van der Waals surface area contributed by atoms with Crippen molar-refractivity contribution in [3.63, 3.8) is 0 Å². The Morgan fingerprint density at radius 1 is 0.839 bits per heavy atom. The van der Waals surface area contributed by atoms with Crippen molar-refractivity contribution in [1.29, 1.82) is 0 Å². The number of ether oxygens (including phenoxy) is 3. The summed E-state index contributed by atoms with van der Waals surface area (Å²) in [5.74, 6) is -0.360. The molecule has 0 aliphatic carbocycles. The molecule has 8 heteroatoms. The van der Waals surface area contributed by atoms with Gasteiger partial charge in [-0.3, -0.25) is 14.9 Å². The van der Waals surface area contributed by atoms with Crippen molar-refractivity contribution in [2.24, 2.45) is 0 Å². The van der Waals surface area contributed by atoms with E-state index in [1.165, 1.54) is 27.4 Å². The van der Waals surface area contributed by atoms with E-state index in [1.807, 2.05) is 32.9 Å². The molecule has 2 aromatic rings. The number of urea groups is 1. The highest BCUT2D eigenvalue weighted by Crippen LogP contribution is 2.37. The molecule has 1 aliphatic heterocycles. The molecule has 0 radical (unpaired) electrons. The minimum atomic E-state index is -0.798. The SMILES string of the molecule is COc1cc(OC)c(/C=C2/C(=O)NC(=O)N(c3c(C)cc(C)cc3C)C2=O)c(OC)c1. The van der Waals surface area contributed by atoms with Crippen LogP contribution in [0.1, 0.15) is 22.3 Å². The summed E-state index contributed by atoms with van der Waals surface area (Å²) in [7, 11) is 4.40. The molecule has 0 spiro atoms. The van der Waals surface area contributed by atoms with Gasteiger partial charge in [-0.05, 0) is 38.0 Å². The van der Waals surface area contributed by atoms with Crippen molar-refractivity contribution in [2.45, 2.75) is 20.8 Å². The highest BCUT2D eigenvalue weighted by Gasteiger charge is 2.38. The third-order valence-electron chi connectivity index (χ3n) is 5.00. The van der Waals surface area contributed by atoms with E-state index in [2.05, 4.69) is 5.32 Å². The van der Waals surface area contributed by atoms with E-state index in [1.54, 1.807) is 12.1 Å². The van der Waals surface area contributed by atoms with E-state index in [9.17, 15) is 14.4 Å². The normalized spacial score (nSPS) is 15.2. The van der Waals surface area contributed by atoms with Gasteiger partial charge in [0.15, 0.2) is 0 Å². The van der Waals surface area contributed by atoms with Crippen LogP contribution in [0.5, 0.6) is 17.2 Å². The number of nitrogens with zero attached hydrogens (tertiary/aromatic N) is 1. The van der Waals surface area contributed by atoms with Crippen LogP contribution in [-0.4, -0.2) is 39.2 Å². The topological polar surface area (TPSA) is 94.2 Å². The van der Waals surface area contributed by atoms with E-state index >= 15 is 0 Å². The fourth-order valence-corrected chi connectivity index (χ4v) is 3.70. The zero-order valence-electron chi connectivity index (χ0n) is 18.3. The molecule has 0 aromatic heterocycles. The molecule has 162 valence electrons. The Hall–Kier alpha value is -3.81. The highest BCUT2D eigenvalue weighted by atomic mass is 16.5. The van der Waals surface area contributed by atoms with Crippen LogP contribution in [0.25, 0.3) is 6.08 Å². The second-order valence-electron chi connectivity index (χ2n) is 7.15. The summed E-state index contributed by atoms with van der Waals surface area (Å²) in [6.07, 6.45) is 1.35. The maximum absolute atomic E-state index is 13.3. The van der Waals surface area contributed by atoms with E-state index in [0.717, 1.165) is 21.6 Å². The summed E-state index contributed by atoms with van der Waals surface area (Å²) in [6.45, 7) is 5.55. The number of rotatable bonds is 5. The number of benzene rings is 2. The number of imide groups is 2. The predicted molar refractivity (Wildman–Crippen MR) is 116 cm³/mol. The molecule has 1 heterocycles. The molecule has 1 aliphatic rings. The monoisotopic (exact) mass is 424 g/mol. The summed E-state index contributed by atoms with van der Waals surface area (Å²) in [5.41, 5.74) is 3.09. The molecule has 31 heavy (non-hydrogen) atoms. The number of amides is 4. The van der Waals surface area contributed by atoms with Crippen LogP contribution in [0.3, 0.4) is 0 Å². The van der Waals surface area contributed by atoms with Crippen LogP contribution in [0.15, 0.2) is 29.8 Å². The molecule has 0 atom stereocenters. The Kier molecular flexibility index (Phi) is 6.01. The number of hydrogen-bond donors (Lipinski definition) is 1. The number of nitrogens with one attached hydrogen (secondary N) is 1. The molecule has 1 fully saturated rings. The van der Waals surface area contributed by atoms with Crippen molar-refractivity contribution >= 4 is 29.6 Å². The molecule has 2 aromatic carbocycles. The number of barbiturate groups is 1. The van der Waals surface area contributed by atoms with Gasteiger partial charge >= 0.3 is 6.03 Å². The van der Waals surface area contributed by atoms with Crippen molar-refractivity contribution in [3.05, 3.63) is 52.1 Å². The summed E-state index contributed by atoms with van der Waals surface area (Å²) in [6, 6.07) is 6.17. The summed E-state index contributed by atoms with van der Waals surface area (Å²) >= 11 is 0. The van der Waals surface area contributed by atoms with Crippen molar-refractivity contribution in [2.75, 3.05) is 26.2 Å². The minimum absolute atomic E-state index is 0.222. The Morgan fingerprint density at radius 2 is 1.39 bits per heavy atom. The van der Waals surface area contributed by atoms with Gasteiger partial charge in [0, 0.05) is 12.1 Å². The number of hydrogen-bond acceptors (Lipinski definition) is 6. The molecule has 0 bridgehead atoms. The predicted octanol–water partition coefficient (Wildman–Crippen LogP) is 3.30. The van der Waals surface area contributed by atoms with Gasteiger partial charge in [0.2, 0.25) is 0 Å². The fourth-order valence-electron chi connectivity index (χ4n) is 3.70. The fraction of sp³-hybridized carbons (Fsp3) is 0.261. The second-order valence-corrected chi connectivity index (χ2v) is 7.15. The molecule has 8 nitrogen and oxygen atoms in total. The molecular weight excluding hydrogens is 400 g/mol. The first-order valence-electron chi connectivity index (χ1n) is 9.51. The quantitative estimate of drug-likeness (QED) is 0.585. The summed E-state index contributed by atoms with van der Waals surface area (Å²) < 4.78 is 16.0. The van der Waals surface area contributed by atoms with Crippen LogP contribution >= 0.6 is 0 Å².